The Hall–Kier alpha value is -2.22. The second-order valence-corrected chi connectivity index (χ2v) is 6.55. The van der Waals surface area contributed by atoms with Gasteiger partial charge in [0.15, 0.2) is 11.5 Å². The molecule has 1 heterocycles. The van der Waals surface area contributed by atoms with Gasteiger partial charge in [-0.3, -0.25) is 0 Å². The van der Waals surface area contributed by atoms with E-state index in [-0.39, 0.29) is 0 Å². The molecular weight excluding hydrogens is 284 g/mol. The van der Waals surface area contributed by atoms with Crippen LogP contribution >= 0.6 is 0 Å². The SMILES string of the molecule is CCC1=Cc2cc3c(c(-c4cc(C)cc(C)c4)c2C1)OCCO3. The van der Waals surface area contributed by atoms with Crippen LogP contribution in [0.1, 0.15) is 35.6 Å². The highest BCUT2D eigenvalue weighted by Crippen LogP contribution is 2.47. The molecule has 4 rings (SSSR count). The van der Waals surface area contributed by atoms with E-state index >= 15 is 0 Å². The Kier molecular flexibility index (Phi) is 3.41. The summed E-state index contributed by atoms with van der Waals surface area (Å²) in [6.07, 6.45) is 4.43. The zero-order valence-corrected chi connectivity index (χ0v) is 14.0. The van der Waals surface area contributed by atoms with Crippen LogP contribution < -0.4 is 9.47 Å². The Morgan fingerprint density at radius 3 is 2.43 bits per heavy atom. The average Bonchev–Trinajstić information content (AvgIpc) is 2.94. The Bertz CT molecular complexity index is 795. The molecule has 1 aliphatic heterocycles. The van der Waals surface area contributed by atoms with Crippen molar-refractivity contribution in [2.75, 3.05) is 13.2 Å². The smallest absolute Gasteiger partial charge is 0.169 e. The van der Waals surface area contributed by atoms with Gasteiger partial charge in [-0.05, 0) is 49.4 Å². The lowest BCUT2D eigenvalue weighted by atomic mass is 9.92. The second-order valence-electron chi connectivity index (χ2n) is 6.55. The molecule has 0 spiro atoms. The molecular formula is C21H22O2. The van der Waals surface area contributed by atoms with Crippen LogP contribution in [0.4, 0.5) is 0 Å². The predicted molar refractivity (Wildman–Crippen MR) is 94.3 cm³/mol. The second kappa shape index (κ2) is 5.45. The van der Waals surface area contributed by atoms with E-state index in [0.29, 0.717) is 13.2 Å². The van der Waals surface area contributed by atoms with Gasteiger partial charge in [-0.1, -0.05) is 47.9 Å². The highest BCUT2D eigenvalue weighted by molar-refractivity contribution is 5.85. The van der Waals surface area contributed by atoms with Crippen molar-refractivity contribution in [2.45, 2.75) is 33.6 Å². The molecule has 0 N–H and O–H groups in total. The fraction of sp³-hybridized carbons (Fsp3) is 0.333. The number of fused-ring (bicyclic) bond motifs is 2. The highest BCUT2D eigenvalue weighted by atomic mass is 16.6. The van der Waals surface area contributed by atoms with Crippen LogP contribution in [-0.4, -0.2) is 13.2 Å². The molecule has 0 saturated heterocycles. The van der Waals surface area contributed by atoms with Crippen LogP contribution in [-0.2, 0) is 6.42 Å². The number of ether oxygens (including phenoxy) is 2. The molecule has 1 aliphatic carbocycles. The third-order valence-electron chi connectivity index (χ3n) is 4.70. The lowest BCUT2D eigenvalue weighted by Gasteiger charge is -2.24. The normalized spacial score (nSPS) is 15.3. The average molecular weight is 306 g/mol. The first-order valence-corrected chi connectivity index (χ1v) is 8.39. The standard InChI is InChI=1S/C21H22O2/c1-4-15-10-16-12-19-21(23-6-5-22-19)20(18(16)11-15)17-8-13(2)7-14(3)9-17/h7-10,12H,4-6,11H2,1-3H3. The van der Waals surface area contributed by atoms with Crippen molar-refractivity contribution in [3.05, 3.63) is 52.1 Å². The van der Waals surface area contributed by atoms with Gasteiger partial charge in [0.25, 0.3) is 0 Å². The molecule has 2 aromatic carbocycles. The third-order valence-corrected chi connectivity index (χ3v) is 4.70. The Balaban J connectivity index is 1.97. The summed E-state index contributed by atoms with van der Waals surface area (Å²) in [7, 11) is 0. The minimum atomic E-state index is 0.623. The van der Waals surface area contributed by atoms with Crippen LogP contribution in [0.25, 0.3) is 17.2 Å². The first kappa shape index (κ1) is 14.4. The molecule has 0 radical (unpaired) electrons. The fourth-order valence-corrected chi connectivity index (χ4v) is 3.71. The minimum absolute atomic E-state index is 0.623. The topological polar surface area (TPSA) is 18.5 Å². The Labute approximate surface area is 137 Å². The van der Waals surface area contributed by atoms with Gasteiger partial charge < -0.3 is 9.47 Å². The van der Waals surface area contributed by atoms with Crippen molar-refractivity contribution < 1.29 is 9.47 Å². The lowest BCUT2D eigenvalue weighted by molar-refractivity contribution is 0.172. The molecule has 0 aromatic heterocycles. The molecule has 2 aliphatic rings. The van der Waals surface area contributed by atoms with Crippen LogP contribution in [0, 0.1) is 13.8 Å². The summed E-state index contributed by atoms with van der Waals surface area (Å²) in [4.78, 5) is 0. The quantitative estimate of drug-likeness (QED) is 0.769. The maximum absolute atomic E-state index is 6.03. The van der Waals surface area contributed by atoms with Crippen molar-refractivity contribution in [3.63, 3.8) is 0 Å². The first-order chi connectivity index (χ1) is 11.2. The van der Waals surface area contributed by atoms with Gasteiger partial charge in [-0.2, -0.15) is 0 Å². The van der Waals surface area contributed by atoms with Gasteiger partial charge in [-0.15, -0.1) is 0 Å². The van der Waals surface area contributed by atoms with E-state index in [9.17, 15) is 0 Å². The number of benzene rings is 2. The Morgan fingerprint density at radius 1 is 0.957 bits per heavy atom. The van der Waals surface area contributed by atoms with E-state index in [0.717, 1.165) is 24.3 Å². The van der Waals surface area contributed by atoms with Crippen molar-refractivity contribution in [3.8, 4) is 22.6 Å². The molecule has 23 heavy (non-hydrogen) atoms. The van der Waals surface area contributed by atoms with Gasteiger partial charge in [0, 0.05) is 5.56 Å². The molecule has 0 unspecified atom stereocenters. The maximum atomic E-state index is 6.03. The first-order valence-electron chi connectivity index (χ1n) is 8.39. The summed E-state index contributed by atoms with van der Waals surface area (Å²) in [5.74, 6) is 1.81. The highest BCUT2D eigenvalue weighted by Gasteiger charge is 2.26. The summed E-state index contributed by atoms with van der Waals surface area (Å²) in [6.45, 7) is 7.78. The molecule has 0 atom stereocenters. The van der Waals surface area contributed by atoms with Crippen molar-refractivity contribution >= 4 is 6.08 Å². The number of hydrogen-bond donors (Lipinski definition) is 0. The molecule has 2 aromatic rings. The molecule has 2 heteroatoms. The van der Waals surface area contributed by atoms with Crippen molar-refractivity contribution in [2.24, 2.45) is 0 Å². The monoisotopic (exact) mass is 306 g/mol. The lowest BCUT2D eigenvalue weighted by Crippen LogP contribution is -2.16. The van der Waals surface area contributed by atoms with E-state index < -0.39 is 0 Å². The number of rotatable bonds is 2. The summed E-state index contributed by atoms with van der Waals surface area (Å²) in [5, 5.41) is 0. The molecule has 0 saturated carbocycles. The van der Waals surface area contributed by atoms with Crippen molar-refractivity contribution in [1.29, 1.82) is 0 Å². The van der Waals surface area contributed by atoms with Gasteiger partial charge >= 0.3 is 0 Å². The van der Waals surface area contributed by atoms with Crippen LogP contribution in [0.15, 0.2) is 29.8 Å². The number of hydrogen-bond acceptors (Lipinski definition) is 2. The Morgan fingerprint density at radius 2 is 1.70 bits per heavy atom. The van der Waals surface area contributed by atoms with Crippen LogP contribution in [0.2, 0.25) is 0 Å². The van der Waals surface area contributed by atoms with Gasteiger partial charge in [-0.25, -0.2) is 0 Å². The number of aryl methyl sites for hydroxylation is 2. The molecule has 0 bridgehead atoms. The number of allylic oxidation sites excluding steroid dienone is 1. The molecule has 2 nitrogen and oxygen atoms in total. The third kappa shape index (κ3) is 2.42. The van der Waals surface area contributed by atoms with Crippen LogP contribution in [0.5, 0.6) is 11.5 Å². The largest absolute Gasteiger partial charge is 0.486 e. The zero-order valence-electron chi connectivity index (χ0n) is 14.0. The van der Waals surface area contributed by atoms with E-state index in [2.05, 4.69) is 51.1 Å². The predicted octanol–water partition coefficient (Wildman–Crippen LogP) is 5.09. The molecule has 0 amide bonds. The summed E-state index contributed by atoms with van der Waals surface area (Å²) < 4.78 is 11.9. The van der Waals surface area contributed by atoms with E-state index in [1.807, 2.05) is 0 Å². The summed E-state index contributed by atoms with van der Waals surface area (Å²) in [5.41, 5.74) is 9.19. The summed E-state index contributed by atoms with van der Waals surface area (Å²) in [6, 6.07) is 8.88. The van der Waals surface area contributed by atoms with Crippen molar-refractivity contribution in [1.82, 2.24) is 0 Å². The summed E-state index contributed by atoms with van der Waals surface area (Å²) >= 11 is 0. The van der Waals surface area contributed by atoms with E-state index in [4.69, 9.17) is 9.47 Å². The molecule has 0 fully saturated rings. The van der Waals surface area contributed by atoms with E-state index in [1.54, 1.807) is 0 Å². The van der Waals surface area contributed by atoms with Gasteiger partial charge in [0.1, 0.15) is 13.2 Å². The maximum Gasteiger partial charge on any atom is 0.169 e. The minimum Gasteiger partial charge on any atom is -0.486 e. The van der Waals surface area contributed by atoms with E-state index in [1.165, 1.54) is 39.0 Å². The fourth-order valence-electron chi connectivity index (χ4n) is 3.71. The van der Waals surface area contributed by atoms with Gasteiger partial charge in [0.2, 0.25) is 0 Å². The van der Waals surface area contributed by atoms with Gasteiger partial charge in [0.05, 0.1) is 0 Å². The molecule has 118 valence electrons. The zero-order chi connectivity index (χ0) is 16.0. The van der Waals surface area contributed by atoms with Crippen LogP contribution in [0.3, 0.4) is 0 Å².